The van der Waals surface area contributed by atoms with Crippen molar-refractivity contribution in [1.29, 1.82) is 0 Å². The lowest BCUT2D eigenvalue weighted by Gasteiger charge is -2.28. The van der Waals surface area contributed by atoms with Gasteiger partial charge in [-0.2, -0.15) is 0 Å². The van der Waals surface area contributed by atoms with Crippen LogP contribution in [0.4, 0.5) is 5.69 Å². The number of hydrogen-bond acceptors (Lipinski definition) is 4. The molecule has 2 rings (SSSR count). The second kappa shape index (κ2) is 14.9. The number of aliphatic hydroxyl groups excluding tert-OH is 1. The van der Waals surface area contributed by atoms with Crippen molar-refractivity contribution in [1.82, 2.24) is 10.6 Å². The first-order valence-electron chi connectivity index (χ1n) is 10.3. The average Bonchev–Trinajstić information content (AvgIpc) is 2.71. The Morgan fingerprint density at radius 2 is 1.86 bits per heavy atom. The van der Waals surface area contributed by atoms with E-state index in [1.165, 1.54) is 11.3 Å². The van der Waals surface area contributed by atoms with E-state index in [2.05, 4.69) is 53.6 Å². The van der Waals surface area contributed by atoms with Gasteiger partial charge in [0.15, 0.2) is 5.96 Å². The number of hydrogen-bond donors (Lipinski definition) is 3. The molecule has 6 nitrogen and oxygen atoms in total. The van der Waals surface area contributed by atoms with Gasteiger partial charge in [0, 0.05) is 38.5 Å². The van der Waals surface area contributed by atoms with Crippen molar-refractivity contribution in [3.05, 3.63) is 29.8 Å². The molecule has 0 amide bonds. The van der Waals surface area contributed by atoms with E-state index in [0.29, 0.717) is 12.5 Å². The Morgan fingerprint density at radius 3 is 2.46 bits per heavy atom. The smallest absolute Gasteiger partial charge is 0.191 e. The average molecular weight is 504 g/mol. The first-order chi connectivity index (χ1) is 13.3. The third-order valence-corrected chi connectivity index (χ3v) is 4.87. The molecule has 1 aliphatic heterocycles. The number of halogens is 1. The zero-order valence-electron chi connectivity index (χ0n) is 17.3. The van der Waals surface area contributed by atoms with Gasteiger partial charge < -0.3 is 25.4 Å². The normalized spacial score (nSPS) is 15.7. The Morgan fingerprint density at radius 1 is 1.14 bits per heavy atom. The summed E-state index contributed by atoms with van der Waals surface area (Å²) in [6.45, 7) is 10.4. The van der Waals surface area contributed by atoms with Crippen LogP contribution in [0.25, 0.3) is 0 Å². The summed E-state index contributed by atoms with van der Waals surface area (Å²) in [6.07, 6.45) is 3.09. The van der Waals surface area contributed by atoms with Gasteiger partial charge in [-0.25, -0.2) is 4.99 Å². The van der Waals surface area contributed by atoms with Crippen LogP contribution < -0.4 is 15.5 Å². The maximum atomic E-state index is 9.22. The van der Waals surface area contributed by atoms with E-state index in [-0.39, 0.29) is 30.6 Å². The Kier molecular flexibility index (Phi) is 13.3. The van der Waals surface area contributed by atoms with E-state index >= 15 is 0 Å². The van der Waals surface area contributed by atoms with Crippen LogP contribution in [-0.2, 0) is 11.3 Å². The van der Waals surface area contributed by atoms with Crippen molar-refractivity contribution < 1.29 is 9.84 Å². The van der Waals surface area contributed by atoms with E-state index < -0.39 is 0 Å². The summed E-state index contributed by atoms with van der Waals surface area (Å²) in [6, 6.07) is 8.66. The van der Waals surface area contributed by atoms with Crippen LogP contribution >= 0.6 is 24.0 Å². The van der Waals surface area contributed by atoms with Crippen LogP contribution in [0.5, 0.6) is 0 Å². The highest BCUT2D eigenvalue weighted by Gasteiger charge is 2.11. The van der Waals surface area contributed by atoms with Gasteiger partial charge in [0.05, 0.1) is 19.8 Å². The molecule has 0 aliphatic carbocycles. The summed E-state index contributed by atoms with van der Waals surface area (Å²) in [5.41, 5.74) is 2.45. The van der Waals surface area contributed by atoms with Gasteiger partial charge in [-0.1, -0.05) is 25.5 Å². The van der Waals surface area contributed by atoms with Crippen LogP contribution in [0.2, 0.25) is 0 Å². The van der Waals surface area contributed by atoms with Crippen LogP contribution in [-0.4, -0.2) is 57.1 Å². The number of nitrogens with zero attached hydrogens (tertiary/aromatic N) is 2. The molecule has 3 N–H and O–H groups in total. The number of rotatable bonds is 10. The molecule has 1 unspecified atom stereocenters. The summed E-state index contributed by atoms with van der Waals surface area (Å²) >= 11 is 0. The molecule has 0 spiro atoms. The maximum Gasteiger partial charge on any atom is 0.191 e. The van der Waals surface area contributed by atoms with Crippen LogP contribution in [0.15, 0.2) is 29.3 Å². The first kappa shape index (κ1) is 25.0. The lowest BCUT2D eigenvalue weighted by atomic mass is 10.0. The number of ether oxygens (including phenoxy) is 1. The number of nitrogens with one attached hydrogen (secondary N) is 2. The summed E-state index contributed by atoms with van der Waals surface area (Å²) < 4.78 is 5.42. The fourth-order valence-electron chi connectivity index (χ4n) is 3.33. The monoisotopic (exact) mass is 504 g/mol. The molecular formula is C21H37IN4O2. The predicted molar refractivity (Wildman–Crippen MR) is 128 cm³/mol. The molecule has 0 bridgehead atoms. The second-order valence-corrected chi connectivity index (χ2v) is 7.01. The third-order valence-electron chi connectivity index (χ3n) is 4.87. The van der Waals surface area contributed by atoms with Gasteiger partial charge in [-0.15, -0.1) is 24.0 Å². The van der Waals surface area contributed by atoms with Crippen molar-refractivity contribution in [2.24, 2.45) is 10.9 Å². The third kappa shape index (κ3) is 8.96. The van der Waals surface area contributed by atoms with E-state index in [9.17, 15) is 5.11 Å². The molecule has 0 radical (unpaired) electrons. The SMILES string of the molecule is CCCC(CCO)CNC(=NCc1ccc(N2CCOCC2)cc1)NCC.I. The van der Waals surface area contributed by atoms with Gasteiger partial charge in [0.2, 0.25) is 0 Å². The van der Waals surface area contributed by atoms with E-state index in [1.54, 1.807) is 0 Å². The molecular weight excluding hydrogens is 467 g/mol. The van der Waals surface area contributed by atoms with Crippen LogP contribution in [0.1, 0.15) is 38.7 Å². The van der Waals surface area contributed by atoms with Crippen molar-refractivity contribution in [2.75, 3.05) is 50.9 Å². The molecule has 1 atom stereocenters. The van der Waals surface area contributed by atoms with Crippen molar-refractivity contribution in [3.8, 4) is 0 Å². The minimum Gasteiger partial charge on any atom is -0.396 e. The number of benzene rings is 1. The number of aliphatic imine (C=N–C) groups is 1. The quantitative estimate of drug-likeness (QED) is 0.260. The highest BCUT2D eigenvalue weighted by molar-refractivity contribution is 14.0. The summed E-state index contributed by atoms with van der Waals surface area (Å²) in [5, 5.41) is 16.0. The summed E-state index contributed by atoms with van der Waals surface area (Å²) in [4.78, 5) is 7.07. The predicted octanol–water partition coefficient (Wildman–Crippen LogP) is 3.00. The fraction of sp³-hybridized carbons (Fsp3) is 0.667. The minimum atomic E-state index is 0. The fourth-order valence-corrected chi connectivity index (χ4v) is 3.33. The topological polar surface area (TPSA) is 69.1 Å². The molecule has 160 valence electrons. The maximum absolute atomic E-state index is 9.22. The summed E-state index contributed by atoms with van der Waals surface area (Å²) in [5.74, 6) is 1.32. The molecule has 0 aromatic heterocycles. The standard InChI is InChI=1S/C21H36N4O2.HI/c1-3-5-18(10-13-26)16-23-21(22-4-2)24-17-19-6-8-20(9-7-19)25-11-14-27-15-12-25;/h6-9,18,26H,3-5,10-17H2,1-2H3,(H2,22,23,24);1H. The molecule has 28 heavy (non-hydrogen) atoms. The second-order valence-electron chi connectivity index (χ2n) is 7.01. The van der Waals surface area contributed by atoms with E-state index in [4.69, 9.17) is 9.73 Å². The van der Waals surface area contributed by atoms with Crippen LogP contribution in [0.3, 0.4) is 0 Å². The molecule has 0 saturated carbocycles. The van der Waals surface area contributed by atoms with Gasteiger partial charge in [0.25, 0.3) is 0 Å². The Labute approximate surface area is 187 Å². The van der Waals surface area contributed by atoms with Gasteiger partial charge >= 0.3 is 0 Å². The minimum absolute atomic E-state index is 0. The highest BCUT2D eigenvalue weighted by Crippen LogP contribution is 2.17. The molecule has 1 heterocycles. The van der Waals surface area contributed by atoms with Crippen molar-refractivity contribution >= 4 is 35.6 Å². The van der Waals surface area contributed by atoms with Gasteiger partial charge in [-0.05, 0) is 43.4 Å². The lowest BCUT2D eigenvalue weighted by Crippen LogP contribution is -2.40. The van der Waals surface area contributed by atoms with Crippen molar-refractivity contribution in [3.63, 3.8) is 0 Å². The molecule has 1 aromatic rings. The largest absolute Gasteiger partial charge is 0.396 e. The Bertz CT molecular complexity index is 542. The zero-order valence-corrected chi connectivity index (χ0v) is 19.7. The zero-order chi connectivity index (χ0) is 19.3. The Hall–Kier alpha value is -1.06. The summed E-state index contributed by atoms with van der Waals surface area (Å²) in [7, 11) is 0. The molecule has 1 fully saturated rings. The highest BCUT2D eigenvalue weighted by atomic mass is 127. The molecule has 1 aromatic carbocycles. The van der Waals surface area contributed by atoms with Crippen LogP contribution in [0, 0.1) is 5.92 Å². The molecule has 1 saturated heterocycles. The van der Waals surface area contributed by atoms with Gasteiger partial charge in [-0.3, -0.25) is 0 Å². The van der Waals surface area contributed by atoms with E-state index in [0.717, 1.165) is 64.6 Å². The lowest BCUT2D eigenvalue weighted by molar-refractivity contribution is 0.122. The van der Waals surface area contributed by atoms with Gasteiger partial charge in [0.1, 0.15) is 0 Å². The number of morpholine rings is 1. The van der Waals surface area contributed by atoms with E-state index in [1.807, 2.05) is 0 Å². The number of aliphatic hydroxyl groups is 1. The number of guanidine groups is 1. The molecule has 7 heteroatoms. The number of anilines is 1. The molecule has 1 aliphatic rings. The Balaban J connectivity index is 0.00000392. The first-order valence-corrected chi connectivity index (χ1v) is 10.3. The van der Waals surface area contributed by atoms with Crippen molar-refractivity contribution in [2.45, 2.75) is 39.7 Å².